The average molecular weight is 442 g/mol. The molecule has 10 heteroatoms. The summed E-state index contributed by atoms with van der Waals surface area (Å²) in [7, 11) is 0. The third kappa shape index (κ3) is 4.70. The number of nitrogens with zero attached hydrogens (tertiary/aromatic N) is 2. The highest BCUT2D eigenvalue weighted by atomic mass is 79.9. The lowest BCUT2D eigenvalue weighted by Gasteiger charge is -2.15. The van der Waals surface area contributed by atoms with Gasteiger partial charge in [0.15, 0.2) is 5.75 Å². The average Bonchev–Trinajstić information content (AvgIpc) is 2.57. The number of aromatic nitrogens is 2. The number of amides is 1. The number of carbonyl (C=O) groups is 2. The van der Waals surface area contributed by atoms with Crippen molar-refractivity contribution < 1.29 is 24.2 Å². The van der Waals surface area contributed by atoms with Crippen LogP contribution in [0.15, 0.2) is 27.5 Å². The lowest BCUT2D eigenvalue weighted by atomic mass is 10.1. The van der Waals surface area contributed by atoms with Gasteiger partial charge in [-0.1, -0.05) is 35.8 Å². The molecule has 2 rings (SSSR count). The molecule has 2 aromatic rings. The number of carboxylic acid groups (broad SMARTS) is 1. The topological polar surface area (TPSA) is 122 Å². The second kappa shape index (κ2) is 8.30. The number of benzene rings is 1. The van der Waals surface area contributed by atoms with Gasteiger partial charge in [0.25, 0.3) is 11.5 Å². The fraction of sp³-hybridized carbons (Fsp3) is 0.294. The first kappa shape index (κ1) is 20.6. The Kier molecular flexibility index (Phi) is 6.32. The lowest BCUT2D eigenvalue weighted by molar-refractivity contribution is -0.135. The van der Waals surface area contributed by atoms with Crippen LogP contribution in [-0.2, 0) is 11.3 Å². The number of halogens is 2. The zero-order valence-electron chi connectivity index (χ0n) is 14.5. The van der Waals surface area contributed by atoms with Gasteiger partial charge in [-0.25, -0.2) is 9.07 Å². The molecule has 0 unspecified atom stereocenters. The molecule has 8 nitrogen and oxygen atoms in total. The minimum absolute atomic E-state index is 0.0626. The summed E-state index contributed by atoms with van der Waals surface area (Å²) >= 11 is 3.14. The number of rotatable bonds is 6. The van der Waals surface area contributed by atoms with Gasteiger partial charge in [-0.05, 0) is 12.1 Å². The molecule has 144 valence electrons. The van der Waals surface area contributed by atoms with Crippen molar-refractivity contribution in [3.05, 3.63) is 55.7 Å². The van der Waals surface area contributed by atoms with Crippen LogP contribution >= 0.6 is 15.9 Å². The van der Waals surface area contributed by atoms with Crippen molar-refractivity contribution >= 4 is 27.8 Å². The van der Waals surface area contributed by atoms with Crippen molar-refractivity contribution in [3.63, 3.8) is 0 Å². The van der Waals surface area contributed by atoms with Gasteiger partial charge in [-0.15, -0.1) is 0 Å². The number of carbonyl (C=O) groups excluding carboxylic acids is 1. The highest BCUT2D eigenvalue weighted by molar-refractivity contribution is 9.10. The van der Waals surface area contributed by atoms with Crippen LogP contribution in [0.25, 0.3) is 0 Å². The molecule has 0 aliphatic carbocycles. The molecule has 1 heterocycles. The minimum atomic E-state index is -1.31. The molecule has 0 radical (unpaired) electrons. The molecule has 1 aromatic heterocycles. The summed E-state index contributed by atoms with van der Waals surface area (Å²) in [5.74, 6) is -3.90. The van der Waals surface area contributed by atoms with Crippen LogP contribution in [0.4, 0.5) is 4.39 Å². The summed E-state index contributed by atoms with van der Waals surface area (Å²) in [5.41, 5.74) is -1.37. The second-order valence-corrected chi connectivity index (χ2v) is 6.95. The van der Waals surface area contributed by atoms with E-state index >= 15 is 0 Å². The van der Waals surface area contributed by atoms with Crippen LogP contribution < -0.4 is 10.9 Å². The van der Waals surface area contributed by atoms with Crippen LogP contribution in [0.2, 0.25) is 0 Å². The molecule has 0 fully saturated rings. The maximum atomic E-state index is 14.1. The molecule has 27 heavy (non-hydrogen) atoms. The van der Waals surface area contributed by atoms with Crippen LogP contribution in [0, 0.1) is 5.82 Å². The predicted octanol–water partition coefficient (Wildman–Crippen LogP) is 1.84. The van der Waals surface area contributed by atoms with Crippen molar-refractivity contribution in [1.29, 1.82) is 0 Å². The fourth-order valence-corrected chi connectivity index (χ4v) is 2.67. The Morgan fingerprint density at radius 3 is 2.59 bits per heavy atom. The molecule has 0 spiro atoms. The molecule has 3 N–H and O–H groups in total. The number of hydrogen-bond acceptors (Lipinski definition) is 5. The Hall–Kier alpha value is -2.75. The summed E-state index contributed by atoms with van der Waals surface area (Å²) in [5, 5.41) is 25.1. The Balaban J connectivity index is 2.56. The Morgan fingerprint density at radius 2 is 2.04 bits per heavy atom. The SMILES string of the molecule is CC(C)c1nn(Cc2ccc(Br)cc2F)c(=O)c(C(=O)NCC(=O)O)c1O. The normalized spacial score (nSPS) is 10.9. The largest absolute Gasteiger partial charge is 0.505 e. The van der Waals surface area contributed by atoms with Crippen molar-refractivity contribution in [1.82, 2.24) is 15.1 Å². The van der Waals surface area contributed by atoms with Gasteiger partial charge < -0.3 is 15.5 Å². The first-order chi connectivity index (χ1) is 12.6. The summed E-state index contributed by atoms with van der Waals surface area (Å²) < 4.78 is 15.5. The van der Waals surface area contributed by atoms with Crippen LogP contribution in [0.5, 0.6) is 5.75 Å². The van der Waals surface area contributed by atoms with E-state index < -0.39 is 41.1 Å². The molecule has 0 aliphatic rings. The molecular weight excluding hydrogens is 425 g/mol. The van der Waals surface area contributed by atoms with Crippen LogP contribution in [-0.4, -0.2) is 38.4 Å². The van der Waals surface area contributed by atoms with Gasteiger partial charge in [0.1, 0.15) is 23.6 Å². The van der Waals surface area contributed by atoms with Gasteiger partial charge in [-0.3, -0.25) is 14.4 Å². The monoisotopic (exact) mass is 441 g/mol. The molecule has 0 atom stereocenters. The molecule has 0 aliphatic heterocycles. The summed E-state index contributed by atoms with van der Waals surface area (Å²) in [6, 6.07) is 4.28. The number of aromatic hydroxyl groups is 1. The van der Waals surface area contributed by atoms with Crippen molar-refractivity contribution in [2.45, 2.75) is 26.3 Å². The third-order valence-corrected chi connectivity index (χ3v) is 4.16. The number of nitrogens with one attached hydrogen (secondary N) is 1. The lowest BCUT2D eigenvalue weighted by Crippen LogP contribution is -2.37. The van der Waals surface area contributed by atoms with Gasteiger partial charge in [0.2, 0.25) is 0 Å². The fourth-order valence-electron chi connectivity index (χ4n) is 2.34. The van der Waals surface area contributed by atoms with Crippen LogP contribution in [0.1, 0.15) is 41.4 Å². The van der Waals surface area contributed by atoms with Gasteiger partial charge >= 0.3 is 5.97 Å². The summed E-state index contributed by atoms with van der Waals surface area (Å²) in [4.78, 5) is 35.5. The quantitative estimate of drug-likeness (QED) is 0.628. The Bertz CT molecular complexity index is 958. The third-order valence-electron chi connectivity index (χ3n) is 3.67. The van der Waals surface area contributed by atoms with E-state index in [4.69, 9.17) is 5.11 Å². The van der Waals surface area contributed by atoms with E-state index in [0.29, 0.717) is 4.47 Å². The minimum Gasteiger partial charge on any atom is -0.505 e. The van der Waals surface area contributed by atoms with E-state index in [-0.39, 0.29) is 23.7 Å². The van der Waals surface area contributed by atoms with E-state index in [1.807, 2.05) is 5.32 Å². The summed E-state index contributed by atoms with van der Waals surface area (Å²) in [6.07, 6.45) is 0. The smallest absolute Gasteiger partial charge is 0.322 e. The van der Waals surface area contributed by atoms with Crippen LogP contribution in [0.3, 0.4) is 0 Å². The zero-order chi connectivity index (χ0) is 20.3. The van der Waals surface area contributed by atoms with E-state index in [9.17, 15) is 23.9 Å². The van der Waals surface area contributed by atoms with Crippen molar-refractivity contribution in [2.75, 3.05) is 6.54 Å². The molecular formula is C17H17BrFN3O5. The second-order valence-electron chi connectivity index (χ2n) is 6.04. The van der Waals surface area contributed by atoms with Gasteiger partial charge in [-0.2, -0.15) is 5.10 Å². The van der Waals surface area contributed by atoms with E-state index in [2.05, 4.69) is 21.0 Å². The highest BCUT2D eigenvalue weighted by Gasteiger charge is 2.25. The predicted molar refractivity (Wildman–Crippen MR) is 97.4 cm³/mol. The molecule has 0 saturated heterocycles. The number of hydrogen-bond donors (Lipinski definition) is 3. The van der Waals surface area contributed by atoms with E-state index in [0.717, 1.165) is 4.68 Å². The number of carboxylic acids is 1. The standard InChI is InChI=1S/C17H17BrFN3O5/c1-8(2)14-15(25)13(16(26)20-6-12(23)24)17(27)22(21-14)7-9-3-4-10(18)5-11(9)19/h3-5,8,25H,6-7H2,1-2H3,(H,20,26)(H,23,24). The van der Waals surface area contributed by atoms with Gasteiger partial charge in [0, 0.05) is 16.0 Å². The molecule has 0 bridgehead atoms. The van der Waals surface area contributed by atoms with Crippen molar-refractivity contribution in [2.24, 2.45) is 0 Å². The molecule has 0 saturated carbocycles. The first-order valence-corrected chi connectivity index (χ1v) is 8.69. The maximum absolute atomic E-state index is 14.1. The highest BCUT2D eigenvalue weighted by Crippen LogP contribution is 2.25. The molecule has 1 amide bonds. The molecule has 1 aromatic carbocycles. The maximum Gasteiger partial charge on any atom is 0.322 e. The zero-order valence-corrected chi connectivity index (χ0v) is 16.1. The van der Waals surface area contributed by atoms with E-state index in [1.54, 1.807) is 19.9 Å². The van der Waals surface area contributed by atoms with Gasteiger partial charge in [0.05, 0.1) is 6.54 Å². The Morgan fingerprint density at radius 1 is 1.37 bits per heavy atom. The van der Waals surface area contributed by atoms with Crippen molar-refractivity contribution in [3.8, 4) is 5.75 Å². The Labute approximate surface area is 161 Å². The first-order valence-electron chi connectivity index (χ1n) is 7.89. The number of aliphatic carboxylic acids is 1. The summed E-state index contributed by atoms with van der Waals surface area (Å²) in [6.45, 7) is 2.39. The van der Waals surface area contributed by atoms with E-state index in [1.165, 1.54) is 12.1 Å².